The highest BCUT2D eigenvalue weighted by molar-refractivity contribution is 7.17. The summed E-state index contributed by atoms with van der Waals surface area (Å²) in [4.78, 5) is 7.10. The average Bonchev–Trinajstić information content (AvgIpc) is 3.21. The highest BCUT2D eigenvalue weighted by atomic mass is 32.1. The van der Waals surface area contributed by atoms with E-state index in [-0.39, 0.29) is 0 Å². The third-order valence-corrected chi connectivity index (χ3v) is 6.52. The lowest BCUT2D eigenvalue weighted by Crippen LogP contribution is -2.27. The van der Waals surface area contributed by atoms with Crippen molar-refractivity contribution in [2.45, 2.75) is 33.2 Å². The van der Waals surface area contributed by atoms with Gasteiger partial charge in [-0.05, 0) is 54.2 Å². The van der Waals surface area contributed by atoms with Gasteiger partial charge in [0.25, 0.3) is 0 Å². The summed E-state index contributed by atoms with van der Waals surface area (Å²) in [6, 6.07) is 14.9. The van der Waals surface area contributed by atoms with Gasteiger partial charge >= 0.3 is 0 Å². The van der Waals surface area contributed by atoms with Crippen LogP contribution in [0.4, 0.5) is 0 Å². The molecule has 1 unspecified atom stereocenters. The maximum atomic E-state index is 10.7. The van der Waals surface area contributed by atoms with E-state index in [2.05, 4.69) is 66.4 Å². The van der Waals surface area contributed by atoms with Gasteiger partial charge in [-0.3, -0.25) is 9.88 Å². The van der Waals surface area contributed by atoms with Crippen molar-refractivity contribution in [2.75, 3.05) is 13.1 Å². The second-order valence-corrected chi connectivity index (χ2v) is 8.03. The fourth-order valence-electron chi connectivity index (χ4n) is 4.25. The average molecular weight is 391 g/mol. The molecule has 2 aromatic carbocycles. The van der Waals surface area contributed by atoms with E-state index in [1.54, 1.807) is 17.4 Å². The van der Waals surface area contributed by atoms with Crippen LogP contribution in [0.1, 0.15) is 38.8 Å². The topological polar surface area (TPSA) is 36.4 Å². The maximum Gasteiger partial charge on any atom is 0.124 e. The first kappa shape index (κ1) is 18.9. The van der Waals surface area contributed by atoms with Crippen molar-refractivity contribution >= 4 is 32.3 Å². The van der Waals surface area contributed by atoms with Crippen LogP contribution >= 0.6 is 11.3 Å². The highest BCUT2D eigenvalue weighted by Gasteiger charge is 2.18. The maximum absolute atomic E-state index is 10.7. The van der Waals surface area contributed by atoms with Crippen molar-refractivity contribution in [1.82, 2.24) is 9.88 Å². The monoisotopic (exact) mass is 390 g/mol. The largest absolute Gasteiger partial charge is 0.507 e. The molecule has 0 fully saturated rings. The summed E-state index contributed by atoms with van der Waals surface area (Å²) in [5, 5.41) is 15.0. The molecule has 4 aromatic rings. The van der Waals surface area contributed by atoms with Gasteiger partial charge in [0, 0.05) is 28.6 Å². The van der Waals surface area contributed by atoms with Gasteiger partial charge in [0.2, 0.25) is 0 Å². The first-order valence-electron chi connectivity index (χ1n) is 10.00. The highest BCUT2D eigenvalue weighted by Crippen LogP contribution is 2.40. The van der Waals surface area contributed by atoms with Crippen LogP contribution in [0.5, 0.6) is 5.75 Å². The molecule has 0 amide bonds. The molecule has 2 heterocycles. The number of aromatic hydroxyl groups is 1. The van der Waals surface area contributed by atoms with E-state index in [1.807, 2.05) is 12.3 Å². The van der Waals surface area contributed by atoms with E-state index < -0.39 is 0 Å². The van der Waals surface area contributed by atoms with Gasteiger partial charge in [-0.15, -0.1) is 11.3 Å². The molecule has 0 aliphatic heterocycles. The zero-order valence-corrected chi connectivity index (χ0v) is 17.5. The Balaban J connectivity index is 1.85. The molecule has 0 radical (unpaired) electrons. The lowest BCUT2D eigenvalue weighted by molar-refractivity contribution is 0.213. The number of phenolic OH excluding ortho intramolecular Hbond substituents is 1. The number of aromatic nitrogens is 1. The van der Waals surface area contributed by atoms with E-state index in [1.165, 1.54) is 5.56 Å². The summed E-state index contributed by atoms with van der Waals surface area (Å²) < 4.78 is 1.14. The lowest BCUT2D eigenvalue weighted by Gasteiger charge is -2.29. The first-order valence-corrected chi connectivity index (χ1v) is 10.9. The van der Waals surface area contributed by atoms with Crippen LogP contribution in [0.15, 0.2) is 54.0 Å². The van der Waals surface area contributed by atoms with Crippen molar-refractivity contribution in [1.29, 1.82) is 0 Å². The van der Waals surface area contributed by atoms with Crippen molar-refractivity contribution in [3.05, 3.63) is 59.6 Å². The van der Waals surface area contributed by atoms with Crippen LogP contribution in [0.2, 0.25) is 0 Å². The summed E-state index contributed by atoms with van der Waals surface area (Å²) in [6.07, 6.45) is 3.00. The van der Waals surface area contributed by atoms with Gasteiger partial charge in [0.15, 0.2) is 0 Å². The Bertz CT molecular complexity index is 1100. The first-order chi connectivity index (χ1) is 13.7. The number of thiophene rings is 1. The predicted octanol–water partition coefficient (Wildman–Crippen LogP) is 6.62. The number of benzene rings is 2. The quantitative estimate of drug-likeness (QED) is 0.402. The van der Waals surface area contributed by atoms with Crippen LogP contribution in [0, 0.1) is 0 Å². The number of hydrogen-bond acceptors (Lipinski definition) is 4. The third kappa shape index (κ3) is 3.17. The van der Waals surface area contributed by atoms with Gasteiger partial charge in [0.05, 0.1) is 10.2 Å². The van der Waals surface area contributed by atoms with Crippen molar-refractivity contribution in [3.8, 4) is 16.9 Å². The van der Waals surface area contributed by atoms with Crippen LogP contribution < -0.4 is 0 Å². The summed E-state index contributed by atoms with van der Waals surface area (Å²) in [5.74, 6) is 0.302. The summed E-state index contributed by atoms with van der Waals surface area (Å²) >= 11 is 1.68. The molecular weight excluding hydrogens is 364 g/mol. The smallest absolute Gasteiger partial charge is 0.124 e. The van der Waals surface area contributed by atoms with Crippen molar-refractivity contribution in [3.63, 3.8) is 0 Å². The molecule has 0 aliphatic carbocycles. The van der Waals surface area contributed by atoms with Crippen molar-refractivity contribution < 1.29 is 5.11 Å². The Morgan fingerprint density at radius 2 is 1.75 bits per heavy atom. The minimum Gasteiger partial charge on any atom is -0.507 e. The van der Waals surface area contributed by atoms with E-state index in [0.29, 0.717) is 11.8 Å². The number of phenols is 1. The molecule has 0 saturated carbocycles. The normalized spacial score (nSPS) is 12.9. The second kappa shape index (κ2) is 7.90. The molecule has 144 valence electrons. The zero-order chi connectivity index (χ0) is 19.7. The van der Waals surface area contributed by atoms with Crippen LogP contribution in [0.25, 0.3) is 32.1 Å². The molecule has 0 spiro atoms. The molecule has 2 aromatic heterocycles. The van der Waals surface area contributed by atoms with Crippen LogP contribution in [0.3, 0.4) is 0 Å². The van der Waals surface area contributed by atoms with E-state index >= 15 is 0 Å². The Labute approximate surface area is 170 Å². The van der Waals surface area contributed by atoms with Gasteiger partial charge in [0.1, 0.15) is 5.75 Å². The zero-order valence-electron chi connectivity index (χ0n) is 16.6. The Morgan fingerprint density at radius 3 is 2.43 bits per heavy atom. The van der Waals surface area contributed by atoms with Gasteiger partial charge in [-0.2, -0.15) is 0 Å². The molecule has 4 rings (SSSR count). The third-order valence-electron chi connectivity index (χ3n) is 5.67. The number of pyridine rings is 1. The number of hydrogen-bond donors (Lipinski definition) is 1. The summed E-state index contributed by atoms with van der Waals surface area (Å²) in [5.41, 5.74) is 4.14. The van der Waals surface area contributed by atoms with E-state index in [9.17, 15) is 5.11 Å². The second-order valence-electron chi connectivity index (χ2n) is 7.08. The number of rotatable bonds is 6. The Morgan fingerprint density at radius 1 is 1.00 bits per heavy atom. The standard InChI is InChI=1S/C24H26N2OS/c1-4-20(26(5-2)6-3)16-7-9-17(10-8-16)23-21(27)12-11-19-24(23)18-13-14-28-22(18)15-25-19/h7-15,20,27H,4-6H2,1-3H3. The molecule has 0 saturated heterocycles. The predicted molar refractivity (Wildman–Crippen MR) is 120 cm³/mol. The molecule has 1 N–H and O–H groups in total. The minimum atomic E-state index is 0.302. The van der Waals surface area contributed by atoms with Gasteiger partial charge < -0.3 is 5.11 Å². The molecule has 1 atom stereocenters. The Kier molecular flexibility index (Phi) is 5.33. The van der Waals surface area contributed by atoms with Crippen LogP contribution in [-0.4, -0.2) is 28.1 Å². The molecule has 28 heavy (non-hydrogen) atoms. The fourth-order valence-corrected chi connectivity index (χ4v) is 5.01. The molecule has 3 nitrogen and oxygen atoms in total. The summed E-state index contributed by atoms with van der Waals surface area (Å²) in [6.45, 7) is 8.76. The molecule has 4 heteroatoms. The SMILES string of the molecule is CCC(c1ccc(-c2c(O)ccc3ncc4sccc4c23)cc1)N(CC)CC. The van der Waals surface area contributed by atoms with E-state index in [4.69, 9.17) is 0 Å². The van der Waals surface area contributed by atoms with E-state index in [0.717, 1.165) is 51.6 Å². The van der Waals surface area contributed by atoms with Gasteiger partial charge in [-0.25, -0.2) is 0 Å². The number of fused-ring (bicyclic) bond motifs is 3. The fraction of sp³-hybridized carbons (Fsp3) is 0.292. The molecule has 0 bridgehead atoms. The van der Waals surface area contributed by atoms with Crippen molar-refractivity contribution in [2.24, 2.45) is 0 Å². The Hall–Kier alpha value is -2.43. The molecule has 0 aliphatic rings. The minimum absolute atomic E-state index is 0.302. The lowest BCUT2D eigenvalue weighted by atomic mass is 9.94. The number of nitrogens with zero attached hydrogens (tertiary/aromatic N) is 2. The van der Waals surface area contributed by atoms with Crippen LogP contribution in [-0.2, 0) is 0 Å². The molecular formula is C24H26N2OS. The van der Waals surface area contributed by atoms with Gasteiger partial charge in [-0.1, -0.05) is 45.0 Å². The summed E-state index contributed by atoms with van der Waals surface area (Å²) in [7, 11) is 0.